The third-order valence-electron chi connectivity index (χ3n) is 3.96. The van der Waals surface area contributed by atoms with Gasteiger partial charge in [0.05, 0.1) is 19.1 Å². The van der Waals surface area contributed by atoms with Gasteiger partial charge in [-0.3, -0.25) is 14.5 Å². The standard InChI is InChI=1S/C15H26N2O3/c1-11(2)10-20-8-7-16-13-9-14(18)17(15(13)19)12-5-3-4-6-12/h11-13,16H,3-10H2,1-2H3. The minimum atomic E-state index is -0.342. The van der Waals surface area contributed by atoms with Crippen molar-refractivity contribution in [2.45, 2.75) is 58.0 Å². The number of rotatable bonds is 7. The van der Waals surface area contributed by atoms with Crippen LogP contribution < -0.4 is 5.32 Å². The van der Waals surface area contributed by atoms with Crippen LogP contribution in [0.25, 0.3) is 0 Å². The van der Waals surface area contributed by atoms with Crippen LogP contribution in [0.3, 0.4) is 0 Å². The molecule has 20 heavy (non-hydrogen) atoms. The number of hydrogen-bond donors (Lipinski definition) is 1. The molecule has 0 aromatic carbocycles. The van der Waals surface area contributed by atoms with Crippen molar-refractivity contribution >= 4 is 11.8 Å². The molecular formula is C15H26N2O3. The molecule has 0 bridgehead atoms. The van der Waals surface area contributed by atoms with E-state index in [0.29, 0.717) is 25.5 Å². The van der Waals surface area contributed by atoms with Gasteiger partial charge in [-0.1, -0.05) is 26.7 Å². The third kappa shape index (κ3) is 3.79. The largest absolute Gasteiger partial charge is 0.380 e. The molecule has 1 saturated heterocycles. The molecule has 2 amide bonds. The molecule has 2 rings (SSSR count). The van der Waals surface area contributed by atoms with E-state index in [2.05, 4.69) is 19.2 Å². The van der Waals surface area contributed by atoms with E-state index in [4.69, 9.17) is 4.74 Å². The molecule has 0 spiro atoms. The van der Waals surface area contributed by atoms with E-state index in [1.54, 1.807) is 0 Å². The summed E-state index contributed by atoms with van der Waals surface area (Å²) in [6.45, 7) is 6.14. The molecule has 1 atom stereocenters. The van der Waals surface area contributed by atoms with Gasteiger partial charge in [-0.2, -0.15) is 0 Å². The zero-order chi connectivity index (χ0) is 14.5. The highest BCUT2D eigenvalue weighted by Crippen LogP contribution is 2.27. The first-order valence-electron chi connectivity index (χ1n) is 7.76. The second kappa shape index (κ2) is 7.18. The van der Waals surface area contributed by atoms with Crippen molar-refractivity contribution in [2.24, 2.45) is 5.92 Å². The Hall–Kier alpha value is -0.940. The summed E-state index contributed by atoms with van der Waals surface area (Å²) in [5, 5.41) is 3.15. The average molecular weight is 282 g/mol. The number of nitrogens with zero attached hydrogens (tertiary/aromatic N) is 1. The van der Waals surface area contributed by atoms with E-state index >= 15 is 0 Å². The van der Waals surface area contributed by atoms with Gasteiger partial charge in [0, 0.05) is 19.2 Å². The molecule has 5 nitrogen and oxygen atoms in total. The number of carbonyl (C=O) groups is 2. The number of imide groups is 1. The summed E-state index contributed by atoms with van der Waals surface area (Å²) in [7, 11) is 0. The minimum absolute atomic E-state index is 0.0116. The SMILES string of the molecule is CC(C)COCCNC1CC(=O)N(C2CCCC2)C1=O. The second-order valence-corrected chi connectivity index (χ2v) is 6.22. The summed E-state index contributed by atoms with van der Waals surface area (Å²) >= 11 is 0. The summed E-state index contributed by atoms with van der Waals surface area (Å²) in [6, 6.07) is -0.190. The van der Waals surface area contributed by atoms with E-state index < -0.39 is 0 Å². The fraction of sp³-hybridized carbons (Fsp3) is 0.867. The molecular weight excluding hydrogens is 256 g/mol. The van der Waals surface area contributed by atoms with Crippen molar-refractivity contribution in [3.8, 4) is 0 Å². The van der Waals surface area contributed by atoms with Crippen molar-refractivity contribution in [1.29, 1.82) is 0 Å². The Bertz CT molecular complexity index is 351. The first kappa shape index (κ1) is 15.4. The third-order valence-corrected chi connectivity index (χ3v) is 3.96. The summed E-state index contributed by atoms with van der Waals surface area (Å²) in [4.78, 5) is 25.8. The Kier molecular flexibility index (Phi) is 5.54. The van der Waals surface area contributed by atoms with Crippen LogP contribution in [-0.4, -0.2) is 48.6 Å². The lowest BCUT2D eigenvalue weighted by Crippen LogP contribution is -2.43. The van der Waals surface area contributed by atoms with Crippen LogP contribution >= 0.6 is 0 Å². The minimum Gasteiger partial charge on any atom is -0.380 e. The Balaban J connectivity index is 1.73. The van der Waals surface area contributed by atoms with Crippen molar-refractivity contribution < 1.29 is 14.3 Å². The first-order valence-corrected chi connectivity index (χ1v) is 7.76. The van der Waals surface area contributed by atoms with Gasteiger partial charge >= 0.3 is 0 Å². The number of carbonyl (C=O) groups excluding carboxylic acids is 2. The van der Waals surface area contributed by atoms with Crippen molar-refractivity contribution in [3.05, 3.63) is 0 Å². The van der Waals surface area contributed by atoms with E-state index in [9.17, 15) is 9.59 Å². The van der Waals surface area contributed by atoms with Crippen LogP contribution in [0, 0.1) is 5.92 Å². The normalized spacial score (nSPS) is 24.4. The smallest absolute Gasteiger partial charge is 0.247 e. The maximum atomic E-state index is 12.3. The summed E-state index contributed by atoms with van der Waals surface area (Å²) in [5.41, 5.74) is 0. The van der Waals surface area contributed by atoms with E-state index in [1.165, 1.54) is 4.90 Å². The molecule has 0 aromatic heterocycles. The lowest BCUT2D eigenvalue weighted by molar-refractivity contribution is -0.141. The predicted molar refractivity (Wildman–Crippen MR) is 76.2 cm³/mol. The van der Waals surface area contributed by atoms with Gasteiger partial charge in [0.1, 0.15) is 0 Å². The molecule has 1 saturated carbocycles. The molecule has 1 aliphatic heterocycles. The lowest BCUT2D eigenvalue weighted by atomic mass is 10.2. The molecule has 1 N–H and O–H groups in total. The monoisotopic (exact) mass is 282 g/mol. The van der Waals surface area contributed by atoms with Gasteiger partial charge in [0.25, 0.3) is 0 Å². The van der Waals surface area contributed by atoms with Crippen molar-refractivity contribution in [3.63, 3.8) is 0 Å². The number of likely N-dealkylation sites (tertiary alicyclic amines) is 1. The average Bonchev–Trinajstić information content (AvgIpc) is 2.98. The Morgan fingerprint density at radius 3 is 2.65 bits per heavy atom. The summed E-state index contributed by atoms with van der Waals surface area (Å²) in [6.07, 6.45) is 4.51. The highest BCUT2D eigenvalue weighted by Gasteiger charge is 2.42. The molecule has 0 radical (unpaired) electrons. The quantitative estimate of drug-likeness (QED) is 0.565. The molecule has 114 valence electrons. The van der Waals surface area contributed by atoms with Crippen LogP contribution in [0.4, 0.5) is 0 Å². The predicted octanol–water partition coefficient (Wildman–Crippen LogP) is 1.32. The van der Waals surface area contributed by atoms with Gasteiger partial charge < -0.3 is 10.1 Å². The van der Waals surface area contributed by atoms with Crippen molar-refractivity contribution in [1.82, 2.24) is 10.2 Å². The van der Waals surface area contributed by atoms with Crippen LogP contribution in [0.15, 0.2) is 0 Å². The Morgan fingerprint density at radius 2 is 2.00 bits per heavy atom. The molecule has 2 aliphatic rings. The molecule has 1 heterocycles. The second-order valence-electron chi connectivity index (χ2n) is 6.22. The highest BCUT2D eigenvalue weighted by molar-refractivity contribution is 6.05. The topological polar surface area (TPSA) is 58.6 Å². The fourth-order valence-corrected chi connectivity index (χ4v) is 2.98. The Morgan fingerprint density at radius 1 is 1.30 bits per heavy atom. The van der Waals surface area contributed by atoms with Crippen LogP contribution in [0.5, 0.6) is 0 Å². The summed E-state index contributed by atoms with van der Waals surface area (Å²) in [5.74, 6) is 0.468. The molecule has 5 heteroatoms. The molecule has 1 aliphatic carbocycles. The number of hydrogen-bond acceptors (Lipinski definition) is 4. The van der Waals surface area contributed by atoms with E-state index in [0.717, 1.165) is 32.3 Å². The van der Waals surface area contributed by atoms with Gasteiger partial charge in [-0.25, -0.2) is 0 Å². The first-order chi connectivity index (χ1) is 9.59. The number of nitrogens with one attached hydrogen (secondary N) is 1. The number of amides is 2. The van der Waals surface area contributed by atoms with Crippen molar-refractivity contribution in [2.75, 3.05) is 19.8 Å². The maximum Gasteiger partial charge on any atom is 0.247 e. The maximum absolute atomic E-state index is 12.3. The zero-order valence-electron chi connectivity index (χ0n) is 12.6. The van der Waals surface area contributed by atoms with Crippen LogP contribution in [-0.2, 0) is 14.3 Å². The number of ether oxygens (including phenoxy) is 1. The van der Waals surface area contributed by atoms with Gasteiger partial charge in [0.2, 0.25) is 11.8 Å². The Labute approximate surface area is 121 Å². The molecule has 2 fully saturated rings. The summed E-state index contributed by atoms with van der Waals surface area (Å²) < 4.78 is 5.47. The van der Waals surface area contributed by atoms with Gasteiger partial charge in [-0.15, -0.1) is 0 Å². The van der Waals surface area contributed by atoms with Gasteiger partial charge in [-0.05, 0) is 18.8 Å². The van der Waals surface area contributed by atoms with E-state index in [1.807, 2.05) is 0 Å². The molecule has 1 unspecified atom stereocenters. The van der Waals surface area contributed by atoms with Crippen LogP contribution in [0.2, 0.25) is 0 Å². The highest BCUT2D eigenvalue weighted by atomic mass is 16.5. The lowest BCUT2D eigenvalue weighted by Gasteiger charge is -2.22. The van der Waals surface area contributed by atoms with Crippen LogP contribution in [0.1, 0.15) is 46.0 Å². The molecule has 0 aromatic rings. The fourth-order valence-electron chi connectivity index (χ4n) is 2.98. The van der Waals surface area contributed by atoms with E-state index in [-0.39, 0.29) is 23.9 Å². The zero-order valence-corrected chi connectivity index (χ0v) is 12.6. The van der Waals surface area contributed by atoms with Gasteiger partial charge in [0.15, 0.2) is 0 Å².